The molecule has 0 heterocycles. The van der Waals surface area contributed by atoms with Gasteiger partial charge in [-0.15, -0.1) is 0 Å². The van der Waals surface area contributed by atoms with Gasteiger partial charge in [0, 0.05) is 18.6 Å². The quantitative estimate of drug-likeness (QED) is 0.636. The lowest BCUT2D eigenvalue weighted by Gasteiger charge is -2.37. The number of unbranched alkanes of at least 4 members (excludes halogenated alkanes) is 1. The number of rotatable bonds is 10. The lowest BCUT2D eigenvalue weighted by Crippen LogP contribution is -2.61. The number of nitrogens with two attached hydrogens (primary N) is 1. The lowest BCUT2D eigenvalue weighted by molar-refractivity contribution is -0.125. The maximum Gasteiger partial charge on any atom is 0.238 e. The monoisotopic (exact) mass is 269 g/mol. The number of amides is 1. The molecule has 1 aliphatic carbocycles. The minimum Gasteiger partial charge on any atom is -0.368 e. The summed E-state index contributed by atoms with van der Waals surface area (Å²) in [5.41, 5.74) is 5.04. The summed E-state index contributed by atoms with van der Waals surface area (Å²) in [7, 11) is 0. The molecule has 1 saturated carbocycles. The molecule has 4 nitrogen and oxygen atoms in total. The van der Waals surface area contributed by atoms with Gasteiger partial charge in [-0.25, -0.2) is 0 Å². The van der Waals surface area contributed by atoms with Gasteiger partial charge < -0.3 is 5.73 Å². The van der Waals surface area contributed by atoms with Crippen LogP contribution in [0.2, 0.25) is 0 Å². The summed E-state index contributed by atoms with van der Waals surface area (Å²) in [6.07, 6.45) is 5.78. The second kappa shape index (κ2) is 7.25. The second-order valence-corrected chi connectivity index (χ2v) is 6.20. The molecule has 0 saturated heterocycles. The third kappa shape index (κ3) is 5.11. The third-order valence-corrected chi connectivity index (χ3v) is 4.18. The van der Waals surface area contributed by atoms with Crippen LogP contribution in [-0.2, 0) is 4.79 Å². The van der Waals surface area contributed by atoms with Crippen LogP contribution in [0.25, 0.3) is 0 Å². The highest BCUT2D eigenvalue weighted by molar-refractivity contribution is 5.84. The molecule has 0 bridgehead atoms. The lowest BCUT2D eigenvalue weighted by atomic mass is 9.98. The number of hydrogen-bond acceptors (Lipinski definition) is 3. The number of nitrogens with one attached hydrogen (secondary N) is 1. The Bertz CT molecular complexity index is 291. The molecular weight excluding hydrogens is 238 g/mol. The van der Waals surface area contributed by atoms with E-state index in [1.807, 2.05) is 6.92 Å². The summed E-state index contributed by atoms with van der Waals surface area (Å²) in [6, 6.07) is 0.980. The summed E-state index contributed by atoms with van der Waals surface area (Å²) >= 11 is 0. The van der Waals surface area contributed by atoms with Crippen molar-refractivity contribution in [2.45, 2.75) is 77.4 Å². The van der Waals surface area contributed by atoms with Gasteiger partial charge in [0.15, 0.2) is 0 Å². The van der Waals surface area contributed by atoms with Crippen molar-refractivity contribution in [3.8, 4) is 0 Å². The number of nitrogens with zero attached hydrogens (tertiary/aromatic N) is 1. The molecule has 1 rings (SSSR count). The predicted octanol–water partition coefficient (Wildman–Crippen LogP) is 1.88. The van der Waals surface area contributed by atoms with Gasteiger partial charge in [0.1, 0.15) is 5.54 Å². The van der Waals surface area contributed by atoms with Gasteiger partial charge in [0.2, 0.25) is 5.91 Å². The fraction of sp³-hybridized carbons (Fsp3) is 0.933. The van der Waals surface area contributed by atoms with Crippen molar-refractivity contribution in [3.63, 3.8) is 0 Å². The number of primary amides is 1. The first-order valence-corrected chi connectivity index (χ1v) is 7.74. The molecule has 0 aromatic heterocycles. The van der Waals surface area contributed by atoms with Crippen LogP contribution in [0.4, 0.5) is 0 Å². The van der Waals surface area contributed by atoms with Gasteiger partial charge in [0.05, 0.1) is 0 Å². The Kier molecular flexibility index (Phi) is 6.27. The highest BCUT2D eigenvalue weighted by Gasteiger charge is 2.38. The molecule has 0 radical (unpaired) electrons. The summed E-state index contributed by atoms with van der Waals surface area (Å²) in [4.78, 5) is 14.2. The van der Waals surface area contributed by atoms with Crippen LogP contribution in [0.1, 0.15) is 59.8 Å². The standard InChI is InChI=1S/C15H31N3O/c1-5-7-10-18(12(3)6-2)11-15(4,14(16)19)17-13-8-9-13/h12-13,17H,5-11H2,1-4H3,(H2,16,19). The van der Waals surface area contributed by atoms with E-state index in [0.29, 0.717) is 18.6 Å². The normalized spacial score (nSPS) is 20.3. The molecule has 0 aliphatic heterocycles. The fourth-order valence-electron chi connectivity index (χ4n) is 2.35. The van der Waals surface area contributed by atoms with E-state index in [2.05, 4.69) is 31.0 Å². The highest BCUT2D eigenvalue weighted by atomic mass is 16.1. The molecule has 1 aliphatic rings. The SMILES string of the molecule is CCCCN(CC(C)(NC1CC1)C(N)=O)C(C)CC. The van der Waals surface area contributed by atoms with E-state index >= 15 is 0 Å². The first kappa shape index (κ1) is 16.4. The van der Waals surface area contributed by atoms with Crippen molar-refractivity contribution < 1.29 is 4.79 Å². The number of carbonyl (C=O) groups is 1. The van der Waals surface area contributed by atoms with Crippen LogP contribution in [0, 0.1) is 0 Å². The van der Waals surface area contributed by atoms with Crippen LogP contribution in [-0.4, -0.2) is 41.5 Å². The third-order valence-electron chi connectivity index (χ3n) is 4.18. The smallest absolute Gasteiger partial charge is 0.238 e. The zero-order valence-corrected chi connectivity index (χ0v) is 13.0. The van der Waals surface area contributed by atoms with E-state index in [0.717, 1.165) is 13.0 Å². The highest BCUT2D eigenvalue weighted by Crippen LogP contribution is 2.23. The van der Waals surface area contributed by atoms with E-state index in [4.69, 9.17) is 5.73 Å². The Morgan fingerprint density at radius 3 is 2.53 bits per heavy atom. The van der Waals surface area contributed by atoms with Crippen LogP contribution in [0.3, 0.4) is 0 Å². The molecule has 4 heteroatoms. The van der Waals surface area contributed by atoms with Gasteiger partial charge in [-0.05, 0) is 46.1 Å². The van der Waals surface area contributed by atoms with Crippen LogP contribution >= 0.6 is 0 Å². The van der Waals surface area contributed by atoms with Gasteiger partial charge in [-0.1, -0.05) is 20.3 Å². The first-order chi connectivity index (χ1) is 8.92. The molecule has 0 spiro atoms. The first-order valence-electron chi connectivity index (χ1n) is 7.74. The van der Waals surface area contributed by atoms with Crippen molar-refractivity contribution in [1.29, 1.82) is 0 Å². The molecule has 2 atom stereocenters. The maximum atomic E-state index is 11.8. The Labute approximate surface area is 118 Å². The van der Waals surface area contributed by atoms with E-state index in [1.54, 1.807) is 0 Å². The van der Waals surface area contributed by atoms with Gasteiger partial charge in [-0.3, -0.25) is 15.0 Å². The molecule has 0 aromatic carbocycles. The van der Waals surface area contributed by atoms with Gasteiger partial charge in [-0.2, -0.15) is 0 Å². The fourth-order valence-corrected chi connectivity index (χ4v) is 2.35. The number of carbonyl (C=O) groups excluding carboxylic acids is 1. The van der Waals surface area contributed by atoms with E-state index < -0.39 is 5.54 Å². The molecule has 1 amide bonds. The van der Waals surface area contributed by atoms with E-state index in [9.17, 15) is 4.79 Å². The molecular formula is C15H31N3O. The molecule has 112 valence electrons. The van der Waals surface area contributed by atoms with Crippen LogP contribution < -0.4 is 11.1 Å². The molecule has 19 heavy (non-hydrogen) atoms. The van der Waals surface area contributed by atoms with Gasteiger partial charge >= 0.3 is 0 Å². The molecule has 3 N–H and O–H groups in total. The summed E-state index contributed by atoms with van der Waals surface area (Å²) in [6.45, 7) is 10.3. The second-order valence-electron chi connectivity index (χ2n) is 6.20. The van der Waals surface area contributed by atoms with Crippen molar-refractivity contribution in [2.75, 3.05) is 13.1 Å². The van der Waals surface area contributed by atoms with Crippen molar-refractivity contribution in [1.82, 2.24) is 10.2 Å². The predicted molar refractivity (Wildman–Crippen MR) is 80.0 cm³/mol. The Morgan fingerprint density at radius 2 is 2.11 bits per heavy atom. The largest absolute Gasteiger partial charge is 0.368 e. The molecule has 1 fully saturated rings. The average Bonchev–Trinajstić information content (AvgIpc) is 3.17. The summed E-state index contributed by atoms with van der Waals surface area (Å²) in [5.74, 6) is -0.232. The Hall–Kier alpha value is -0.610. The number of hydrogen-bond donors (Lipinski definition) is 2. The Morgan fingerprint density at radius 1 is 1.47 bits per heavy atom. The maximum absolute atomic E-state index is 11.8. The van der Waals surface area contributed by atoms with E-state index in [1.165, 1.54) is 25.7 Å². The summed E-state index contributed by atoms with van der Waals surface area (Å²) < 4.78 is 0. The minimum absolute atomic E-state index is 0.232. The van der Waals surface area contributed by atoms with Crippen LogP contribution in [0.15, 0.2) is 0 Å². The molecule has 2 unspecified atom stereocenters. The minimum atomic E-state index is -0.599. The average molecular weight is 269 g/mol. The van der Waals surface area contributed by atoms with Crippen molar-refractivity contribution in [3.05, 3.63) is 0 Å². The van der Waals surface area contributed by atoms with E-state index in [-0.39, 0.29) is 5.91 Å². The van der Waals surface area contributed by atoms with Gasteiger partial charge in [0.25, 0.3) is 0 Å². The zero-order valence-electron chi connectivity index (χ0n) is 13.0. The van der Waals surface area contributed by atoms with Crippen molar-refractivity contribution >= 4 is 5.91 Å². The Balaban J connectivity index is 2.67. The summed E-state index contributed by atoms with van der Waals surface area (Å²) in [5, 5.41) is 3.44. The van der Waals surface area contributed by atoms with Crippen LogP contribution in [0.5, 0.6) is 0 Å². The topological polar surface area (TPSA) is 58.4 Å². The molecule has 0 aromatic rings. The van der Waals surface area contributed by atoms with Crippen molar-refractivity contribution in [2.24, 2.45) is 5.73 Å². The zero-order chi connectivity index (χ0) is 14.5.